The molecule has 0 spiro atoms. The zero-order chi connectivity index (χ0) is 20.4. The van der Waals surface area contributed by atoms with E-state index < -0.39 is 29.2 Å². The molecule has 2 atom stereocenters. The SMILES string of the molecule is C=CC1=C(C(=O)[O-])N2C(=O)C(NC(=O)/C(=N/OCC)c3csc(N)n3)[C@H]2SC1.[Na+]. The Bertz CT molecular complexity index is 915. The molecule has 29 heavy (non-hydrogen) atoms. The molecule has 148 valence electrons. The van der Waals surface area contributed by atoms with Crippen LogP contribution in [0.25, 0.3) is 0 Å². The van der Waals surface area contributed by atoms with Gasteiger partial charge in [0.25, 0.3) is 11.8 Å². The molecule has 3 rings (SSSR count). The monoisotopic (exact) mass is 445 g/mol. The van der Waals surface area contributed by atoms with E-state index >= 15 is 0 Å². The van der Waals surface area contributed by atoms with Gasteiger partial charge in [-0.15, -0.1) is 23.1 Å². The van der Waals surface area contributed by atoms with Crippen LogP contribution in [-0.2, 0) is 19.2 Å². The molecule has 10 nitrogen and oxygen atoms in total. The van der Waals surface area contributed by atoms with Crippen LogP contribution in [0.5, 0.6) is 0 Å². The second kappa shape index (κ2) is 9.76. The van der Waals surface area contributed by atoms with Gasteiger partial charge < -0.3 is 25.8 Å². The Balaban J connectivity index is 0.00000300. The van der Waals surface area contributed by atoms with E-state index in [1.807, 2.05) is 0 Å². The van der Waals surface area contributed by atoms with Gasteiger partial charge in [-0.1, -0.05) is 17.8 Å². The first-order valence-electron chi connectivity index (χ1n) is 8.12. The third-order valence-electron chi connectivity index (χ3n) is 3.99. The van der Waals surface area contributed by atoms with Crippen molar-refractivity contribution in [1.82, 2.24) is 15.2 Å². The molecule has 0 bridgehead atoms. The van der Waals surface area contributed by atoms with E-state index in [1.165, 1.54) is 17.8 Å². The van der Waals surface area contributed by atoms with Crippen LogP contribution in [-0.4, -0.2) is 57.2 Å². The van der Waals surface area contributed by atoms with Crippen molar-refractivity contribution in [3.8, 4) is 0 Å². The van der Waals surface area contributed by atoms with Crippen molar-refractivity contribution < 1.29 is 53.9 Å². The molecular weight excluding hydrogens is 429 g/mol. The van der Waals surface area contributed by atoms with E-state index in [0.717, 1.165) is 16.2 Å². The molecule has 3 N–H and O–H groups in total. The summed E-state index contributed by atoms with van der Waals surface area (Å²) in [6.07, 6.45) is 1.38. The first kappa shape index (κ1) is 23.4. The smallest absolute Gasteiger partial charge is 0.543 e. The maximum absolute atomic E-state index is 12.7. The van der Waals surface area contributed by atoms with Crippen LogP contribution in [0, 0.1) is 0 Å². The Morgan fingerprint density at radius 3 is 2.86 bits per heavy atom. The van der Waals surface area contributed by atoms with E-state index in [1.54, 1.807) is 12.3 Å². The van der Waals surface area contributed by atoms with Gasteiger partial charge in [-0.2, -0.15) is 0 Å². The number of carbonyl (C=O) groups is 3. The molecule has 1 fully saturated rings. The number of β-lactam (4-membered cyclic amide) rings is 1. The summed E-state index contributed by atoms with van der Waals surface area (Å²) in [6.45, 7) is 5.50. The average Bonchev–Trinajstić information content (AvgIpc) is 3.10. The predicted octanol–water partition coefficient (Wildman–Crippen LogP) is -3.94. The van der Waals surface area contributed by atoms with Gasteiger partial charge in [0.15, 0.2) is 10.8 Å². The Hall–Kier alpha value is -1.86. The molecule has 13 heteroatoms. The van der Waals surface area contributed by atoms with Crippen LogP contribution in [0.15, 0.2) is 34.5 Å². The van der Waals surface area contributed by atoms with Crippen LogP contribution in [0.1, 0.15) is 12.6 Å². The summed E-state index contributed by atoms with van der Waals surface area (Å²) in [4.78, 5) is 46.7. The standard InChI is InChI=1S/C16H17N5O5S2.Na/c1-3-7-5-27-14-10(13(23)21(14)11(7)15(24)25)19-12(22)9(20-26-4-2)8-6-28-16(17)18-8;/h3,6,10,14H,1,4-5H2,2H3,(H2,17,18)(H,19,22)(H,24,25);/q;+1/p-1/b20-9+;/t10?,14-;/m1./s1. The second-order valence-electron chi connectivity index (χ2n) is 5.66. The normalized spacial score (nSPS) is 20.9. The number of amides is 2. The minimum atomic E-state index is -1.46. The average molecular weight is 445 g/mol. The van der Waals surface area contributed by atoms with E-state index in [9.17, 15) is 19.5 Å². The number of rotatable bonds is 7. The number of carboxylic acids is 1. The van der Waals surface area contributed by atoms with Crippen LogP contribution in [0.4, 0.5) is 5.13 Å². The number of nitrogen functional groups attached to an aromatic ring is 1. The summed E-state index contributed by atoms with van der Waals surface area (Å²) in [7, 11) is 0. The number of hydrogen-bond acceptors (Lipinski definition) is 10. The molecule has 0 saturated carbocycles. The molecule has 1 aromatic heterocycles. The Labute approximate surface area is 196 Å². The molecule has 1 unspecified atom stereocenters. The fourth-order valence-electron chi connectivity index (χ4n) is 2.73. The minimum Gasteiger partial charge on any atom is -0.543 e. The van der Waals surface area contributed by atoms with Gasteiger partial charge in [0.1, 0.15) is 23.7 Å². The fourth-order valence-corrected chi connectivity index (χ4v) is 4.62. The molecule has 1 aromatic rings. The number of thioether (sulfide) groups is 1. The maximum atomic E-state index is 12.7. The third-order valence-corrected chi connectivity index (χ3v) is 5.96. The largest absolute Gasteiger partial charge is 1.00 e. The number of aromatic nitrogens is 1. The molecule has 0 aliphatic carbocycles. The Morgan fingerprint density at radius 2 is 2.31 bits per heavy atom. The molecule has 2 aliphatic rings. The number of aliphatic carboxylic acids is 1. The minimum absolute atomic E-state index is 0. The number of carbonyl (C=O) groups excluding carboxylic acids is 3. The number of oxime groups is 1. The number of allylic oxidation sites excluding steroid dienone is 1. The number of nitrogens with two attached hydrogens (primary N) is 1. The molecule has 2 aliphatic heterocycles. The Morgan fingerprint density at radius 1 is 1.59 bits per heavy atom. The Kier molecular flexibility index (Phi) is 7.88. The van der Waals surface area contributed by atoms with Crippen molar-refractivity contribution in [1.29, 1.82) is 0 Å². The zero-order valence-electron chi connectivity index (χ0n) is 15.7. The summed E-state index contributed by atoms with van der Waals surface area (Å²) < 4.78 is 0. The zero-order valence-corrected chi connectivity index (χ0v) is 19.3. The van der Waals surface area contributed by atoms with Crippen molar-refractivity contribution in [3.05, 3.63) is 35.0 Å². The summed E-state index contributed by atoms with van der Waals surface area (Å²) in [6, 6.07) is -0.916. The van der Waals surface area contributed by atoms with Crippen molar-refractivity contribution >= 4 is 51.7 Å². The van der Waals surface area contributed by atoms with E-state index in [0.29, 0.717) is 11.3 Å². The van der Waals surface area contributed by atoms with Gasteiger partial charge in [-0.25, -0.2) is 4.98 Å². The molecule has 1 saturated heterocycles. The van der Waals surface area contributed by atoms with E-state index in [4.69, 9.17) is 10.6 Å². The predicted molar refractivity (Wildman–Crippen MR) is 102 cm³/mol. The molecule has 2 amide bonds. The van der Waals surface area contributed by atoms with E-state index in [2.05, 4.69) is 22.0 Å². The summed E-state index contributed by atoms with van der Waals surface area (Å²) in [5.41, 5.74) is 5.88. The van der Waals surface area contributed by atoms with E-state index in [-0.39, 0.29) is 58.4 Å². The van der Waals surface area contributed by atoms with Gasteiger partial charge >= 0.3 is 29.6 Å². The number of fused-ring (bicyclic) bond motifs is 1. The van der Waals surface area contributed by atoms with Gasteiger partial charge in [0.05, 0.1) is 11.7 Å². The second-order valence-corrected chi connectivity index (χ2v) is 7.65. The number of anilines is 1. The fraction of sp³-hybridized carbons (Fsp3) is 0.312. The summed E-state index contributed by atoms with van der Waals surface area (Å²) in [5.74, 6) is -2.37. The molecule has 0 radical (unpaired) electrons. The number of carboxylic acid groups (broad SMARTS) is 1. The number of hydrogen-bond donors (Lipinski definition) is 2. The first-order valence-corrected chi connectivity index (χ1v) is 10.1. The number of nitrogens with zero attached hydrogens (tertiary/aromatic N) is 3. The van der Waals surface area contributed by atoms with Crippen molar-refractivity contribution in [2.75, 3.05) is 18.1 Å². The van der Waals surface area contributed by atoms with Crippen LogP contribution >= 0.6 is 23.1 Å². The van der Waals surface area contributed by atoms with Crippen molar-refractivity contribution in [2.24, 2.45) is 5.16 Å². The van der Waals surface area contributed by atoms with Gasteiger partial charge in [-0.3, -0.25) is 14.5 Å². The number of thiazole rings is 1. The summed E-state index contributed by atoms with van der Waals surface area (Å²) in [5, 5.41) is 19.0. The third kappa shape index (κ3) is 4.51. The van der Waals surface area contributed by atoms with Gasteiger partial charge in [-0.05, 0) is 12.5 Å². The topological polar surface area (TPSA) is 150 Å². The number of nitrogens with one attached hydrogen (secondary N) is 1. The van der Waals surface area contributed by atoms with Crippen LogP contribution in [0.2, 0.25) is 0 Å². The first-order chi connectivity index (χ1) is 13.4. The van der Waals surface area contributed by atoms with Crippen molar-refractivity contribution in [3.63, 3.8) is 0 Å². The molecular formula is C16H16N5NaO5S2. The van der Waals surface area contributed by atoms with Crippen LogP contribution < -0.4 is 45.7 Å². The quantitative estimate of drug-likeness (QED) is 0.187. The maximum Gasteiger partial charge on any atom is 1.00 e. The summed E-state index contributed by atoms with van der Waals surface area (Å²) >= 11 is 2.45. The van der Waals surface area contributed by atoms with Gasteiger partial charge in [0.2, 0.25) is 0 Å². The van der Waals surface area contributed by atoms with Crippen molar-refractivity contribution in [2.45, 2.75) is 18.3 Å². The van der Waals surface area contributed by atoms with Gasteiger partial charge in [0, 0.05) is 11.1 Å². The molecule has 3 heterocycles. The molecule has 0 aromatic carbocycles. The van der Waals surface area contributed by atoms with Crippen LogP contribution in [0.3, 0.4) is 0 Å².